The van der Waals surface area contributed by atoms with E-state index in [2.05, 4.69) is 30.5 Å². The maximum Gasteiger partial charge on any atom is 0.225 e. The van der Waals surface area contributed by atoms with Gasteiger partial charge in [0.1, 0.15) is 12.4 Å². The highest BCUT2D eigenvalue weighted by molar-refractivity contribution is 5.85. The molecule has 1 aliphatic rings. The zero-order valence-corrected chi connectivity index (χ0v) is 12.8. The van der Waals surface area contributed by atoms with Gasteiger partial charge in [-0.1, -0.05) is 32.0 Å². The Morgan fingerprint density at radius 2 is 2.10 bits per heavy atom. The molecule has 4 nitrogen and oxygen atoms in total. The number of carbonyl (C=O) groups excluding carboxylic acids is 1. The van der Waals surface area contributed by atoms with Crippen LogP contribution in [0.25, 0.3) is 0 Å². The van der Waals surface area contributed by atoms with Gasteiger partial charge in [-0.25, -0.2) is 0 Å². The maximum atomic E-state index is 11.6. The summed E-state index contributed by atoms with van der Waals surface area (Å²) in [6.07, 6.45) is 0. The van der Waals surface area contributed by atoms with Crippen molar-refractivity contribution in [1.82, 2.24) is 10.6 Å². The molecule has 1 aromatic carbocycles. The minimum Gasteiger partial charge on any atom is -0.491 e. The maximum absolute atomic E-state index is 11.6. The summed E-state index contributed by atoms with van der Waals surface area (Å²) in [6.45, 7) is 6.95. The molecule has 0 aliphatic carbocycles. The minimum absolute atomic E-state index is 0. The van der Waals surface area contributed by atoms with Crippen LogP contribution in [0.4, 0.5) is 0 Å². The summed E-state index contributed by atoms with van der Waals surface area (Å²) in [5.41, 5.74) is 1.21. The van der Waals surface area contributed by atoms with Gasteiger partial charge in [-0.3, -0.25) is 4.79 Å². The van der Waals surface area contributed by atoms with E-state index in [-0.39, 0.29) is 24.2 Å². The molecule has 0 saturated carbocycles. The molecule has 112 valence electrons. The van der Waals surface area contributed by atoms with E-state index in [4.69, 9.17) is 4.74 Å². The first-order valence-electron chi connectivity index (χ1n) is 6.88. The van der Waals surface area contributed by atoms with Gasteiger partial charge in [0.2, 0.25) is 5.91 Å². The molecule has 1 amide bonds. The number of benzene rings is 1. The number of hydrogen-bond acceptors (Lipinski definition) is 3. The standard InChI is InChI=1S/C15H22N2O2.ClH/c1-11(2)13-5-3-4-6-14(13)19-8-7-17-15(18)12-9-16-10-12;/h3-6,11-12,16H,7-10H2,1-2H3,(H,17,18);1H. The Kier molecular flexibility index (Phi) is 6.82. The van der Waals surface area contributed by atoms with Gasteiger partial charge in [-0.2, -0.15) is 0 Å². The van der Waals surface area contributed by atoms with Crippen molar-refractivity contribution in [3.05, 3.63) is 29.8 Å². The van der Waals surface area contributed by atoms with E-state index in [9.17, 15) is 4.79 Å². The quantitative estimate of drug-likeness (QED) is 0.789. The molecule has 1 fully saturated rings. The molecule has 2 N–H and O–H groups in total. The van der Waals surface area contributed by atoms with E-state index in [1.807, 2.05) is 18.2 Å². The van der Waals surface area contributed by atoms with Crippen LogP contribution < -0.4 is 15.4 Å². The smallest absolute Gasteiger partial charge is 0.225 e. The van der Waals surface area contributed by atoms with Crippen LogP contribution in [0, 0.1) is 5.92 Å². The Balaban J connectivity index is 0.00000200. The highest BCUT2D eigenvalue weighted by atomic mass is 35.5. The molecule has 0 unspecified atom stereocenters. The molecule has 0 bridgehead atoms. The highest BCUT2D eigenvalue weighted by Crippen LogP contribution is 2.25. The molecule has 20 heavy (non-hydrogen) atoms. The van der Waals surface area contributed by atoms with E-state index in [0.717, 1.165) is 18.8 Å². The topological polar surface area (TPSA) is 50.4 Å². The molecule has 0 spiro atoms. The van der Waals surface area contributed by atoms with Gasteiger partial charge in [-0.05, 0) is 17.5 Å². The van der Waals surface area contributed by atoms with Gasteiger partial charge < -0.3 is 15.4 Å². The van der Waals surface area contributed by atoms with Crippen LogP contribution in [0.5, 0.6) is 5.75 Å². The second kappa shape index (κ2) is 8.12. The largest absolute Gasteiger partial charge is 0.491 e. The third-order valence-electron chi connectivity index (χ3n) is 3.35. The predicted octanol–water partition coefficient (Wildman–Crippen LogP) is 1.95. The van der Waals surface area contributed by atoms with Gasteiger partial charge in [0.15, 0.2) is 0 Å². The lowest BCUT2D eigenvalue weighted by molar-refractivity contribution is -0.126. The highest BCUT2D eigenvalue weighted by Gasteiger charge is 2.24. The van der Waals surface area contributed by atoms with Crippen LogP contribution >= 0.6 is 12.4 Å². The molecule has 1 aromatic rings. The summed E-state index contributed by atoms with van der Waals surface area (Å²) in [5, 5.41) is 5.99. The third kappa shape index (κ3) is 4.39. The molecule has 1 aliphatic heterocycles. The molecule has 5 heteroatoms. The Labute approximate surface area is 126 Å². The second-order valence-corrected chi connectivity index (χ2v) is 5.19. The number of hydrogen-bond donors (Lipinski definition) is 2. The zero-order valence-electron chi connectivity index (χ0n) is 12.0. The summed E-state index contributed by atoms with van der Waals surface area (Å²) in [6, 6.07) is 8.05. The molecule has 1 heterocycles. The first kappa shape index (κ1) is 16.8. The number of amides is 1. The fourth-order valence-corrected chi connectivity index (χ4v) is 2.04. The van der Waals surface area contributed by atoms with Crippen LogP contribution in [0.1, 0.15) is 25.3 Å². The van der Waals surface area contributed by atoms with Crippen LogP contribution in [0.3, 0.4) is 0 Å². The third-order valence-corrected chi connectivity index (χ3v) is 3.35. The average molecular weight is 299 g/mol. The number of carbonyl (C=O) groups is 1. The minimum atomic E-state index is 0. The summed E-state index contributed by atoms with van der Waals surface area (Å²) < 4.78 is 5.75. The van der Waals surface area contributed by atoms with Crippen molar-refractivity contribution in [2.24, 2.45) is 5.92 Å². The van der Waals surface area contributed by atoms with Crippen molar-refractivity contribution < 1.29 is 9.53 Å². The lowest BCUT2D eigenvalue weighted by Crippen LogP contribution is -2.51. The first-order valence-corrected chi connectivity index (χ1v) is 6.88. The van der Waals surface area contributed by atoms with Crippen LogP contribution in [0.2, 0.25) is 0 Å². The fraction of sp³-hybridized carbons (Fsp3) is 0.533. The van der Waals surface area contributed by atoms with Gasteiger partial charge in [0, 0.05) is 13.1 Å². The van der Waals surface area contributed by atoms with Gasteiger partial charge >= 0.3 is 0 Å². The van der Waals surface area contributed by atoms with Crippen molar-refractivity contribution in [2.75, 3.05) is 26.2 Å². The second-order valence-electron chi connectivity index (χ2n) is 5.19. The molecule has 0 radical (unpaired) electrons. The fourth-order valence-electron chi connectivity index (χ4n) is 2.04. The van der Waals surface area contributed by atoms with Crippen LogP contribution in [-0.4, -0.2) is 32.1 Å². The molecule has 0 atom stereocenters. The van der Waals surface area contributed by atoms with E-state index >= 15 is 0 Å². The molecule has 1 saturated heterocycles. The SMILES string of the molecule is CC(C)c1ccccc1OCCNC(=O)C1CNC1.Cl. The van der Waals surface area contributed by atoms with Crippen molar-refractivity contribution in [3.8, 4) is 5.75 Å². The summed E-state index contributed by atoms with van der Waals surface area (Å²) in [4.78, 5) is 11.6. The first-order chi connectivity index (χ1) is 9.18. The molecule has 0 aromatic heterocycles. The Hall–Kier alpha value is -1.26. The number of ether oxygens (including phenoxy) is 1. The van der Waals surface area contributed by atoms with Gasteiger partial charge in [0.05, 0.1) is 12.5 Å². The molecular weight excluding hydrogens is 276 g/mol. The number of para-hydroxylation sites is 1. The van der Waals surface area contributed by atoms with Crippen molar-refractivity contribution in [2.45, 2.75) is 19.8 Å². The van der Waals surface area contributed by atoms with E-state index in [1.165, 1.54) is 5.56 Å². The number of nitrogens with one attached hydrogen (secondary N) is 2. The van der Waals surface area contributed by atoms with Crippen molar-refractivity contribution >= 4 is 18.3 Å². The van der Waals surface area contributed by atoms with Crippen LogP contribution in [-0.2, 0) is 4.79 Å². The summed E-state index contributed by atoms with van der Waals surface area (Å²) in [5.74, 6) is 1.62. The normalized spacial score (nSPS) is 14.3. The van der Waals surface area contributed by atoms with E-state index < -0.39 is 0 Å². The van der Waals surface area contributed by atoms with Gasteiger partial charge in [0.25, 0.3) is 0 Å². The zero-order chi connectivity index (χ0) is 13.7. The Morgan fingerprint density at radius 1 is 1.40 bits per heavy atom. The Morgan fingerprint density at radius 3 is 2.70 bits per heavy atom. The Bertz CT molecular complexity index is 434. The number of halogens is 1. The van der Waals surface area contributed by atoms with Crippen molar-refractivity contribution in [1.29, 1.82) is 0 Å². The van der Waals surface area contributed by atoms with Crippen molar-refractivity contribution in [3.63, 3.8) is 0 Å². The number of rotatable bonds is 6. The molecular formula is C15H23ClN2O2. The van der Waals surface area contributed by atoms with Crippen LogP contribution in [0.15, 0.2) is 24.3 Å². The summed E-state index contributed by atoms with van der Waals surface area (Å²) >= 11 is 0. The van der Waals surface area contributed by atoms with E-state index in [1.54, 1.807) is 0 Å². The monoisotopic (exact) mass is 298 g/mol. The average Bonchev–Trinajstić information content (AvgIpc) is 2.33. The summed E-state index contributed by atoms with van der Waals surface area (Å²) in [7, 11) is 0. The molecule has 2 rings (SSSR count). The van der Waals surface area contributed by atoms with E-state index in [0.29, 0.717) is 19.1 Å². The predicted molar refractivity (Wildman–Crippen MR) is 82.6 cm³/mol. The lowest BCUT2D eigenvalue weighted by Gasteiger charge is -2.25. The lowest BCUT2D eigenvalue weighted by atomic mass is 10.0. The van der Waals surface area contributed by atoms with Gasteiger partial charge in [-0.15, -0.1) is 12.4 Å².